The van der Waals surface area contributed by atoms with E-state index in [4.69, 9.17) is 9.97 Å². The van der Waals surface area contributed by atoms with Crippen molar-refractivity contribution in [2.24, 2.45) is 0 Å². The second-order valence-corrected chi connectivity index (χ2v) is 10.2. The number of H-pyrrole nitrogens is 1. The van der Waals surface area contributed by atoms with Gasteiger partial charge in [0.05, 0.1) is 11.8 Å². The third kappa shape index (κ3) is 4.14. The molecule has 3 aromatic rings. The molecule has 1 saturated heterocycles. The number of fused-ring (bicyclic) bond motifs is 1. The van der Waals surface area contributed by atoms with E-state index in [0.717, 1.165) is 35.6 Å². The van der Waals surface area contributed by atoms with Gasteiger partial charge in [0, 0.05) is 54.2 Å². The van der Waals surface area contributed by atoms with Crippen molar-refractivity contribution < 1.29 is 9.90 Å². The second kappa shape index (κ2) is 8.95. The quantitative estimate of drug-likeness (QED) is 0.423. The summed E-state index contributed by atoms with van der Waals surface area (Å²) in [6, 6.07) is 1.70. The van der Waals surface area contributed by atoms with E-state index < -0.39 is 6.10 Å². The van der Waals surface area contributed by atoms with Crippen LogP contribution in [0.5, 0.6) is 0 Å². The molecule has 34 heavy (non-hydrogen) atoms. The zero-order valence-electron chi connectivity index (χ0n) is 18.8. The molecule has 0 radical (unpaired) electrons. The molecule has 0 aromatic carbocycles. The van der Waals surface area contributed by atoms with Crippen LogP contribution in [0.4, 0.5) is 22.7 Å². The number of carbonyl (C=O) groups excluding carboxylic acids is 1. The van der Waals surface area contributed by atoms with E-state index in [2.05, 4.69) is 31.9 Å². The Labute approximate surface area is 201 Å². The van der Waals surface area contributed by atoms with E-state index >= 15 is 0 Å². The van der Waals surface area contributed by atoms with Crippen LogP contribution in [0.15, 0.2) is 17.6 Å². The van der Waals surface area contributed by atoms with Crippen molar-refractivity contribution in [2.75, 3.05) is 22.1 Å². The number of thiazole rings is 1. The summed E-state index contributed by atoms with van der Waals surface area (Å²) in [5.41, 5.74) is 2.91. The molecular weight excluding hydrogens is 452 g/mol. The van der Waals surface area contributed by atoms with Gasteiger partial charge in [-0.05, 0) is 25.7 Å². The van der Waals surface area contributed by atoms with Crippen LogP contribution in [-0.4, -0.2) is 54.9 Å². The molecule has 1 aliphatic heterocycles. The van der Waals surface area contributed by atoms with Crippen LogP contribution in [0.1, 0.15) is 61.4 Å². The maximum Gasteiger partial charge on any atom is 0.248 e. The van der Waals surface area contributed by atoms with E-state index in [9.17, 15) is 9.90 Å². The Balaban J connectivity index is 1.27. The smallest absolute Gasteiger partial charge is 0.248 e. The van der Waals surface area contributed by atoms with E-state index in [-0.39, 0.29) is 11.9 Å². The van der Waals surface area contributed by atoms with Gasteiger partial charge >= 0.3 is 0 Å². The van der Waals surface area contributed by atoms with Gasteiger partial charge in [-0.3, -0.25) is 9.89 Å². The third-order valence-electron chi connectivity index (χ3n) is 7.06. The summed E-state index contributed by atoms with van der Waals surface area (Å²) >= 11 is 1.40. The number of anilines is 4. The summed E-state index contributed by atoms with van der Waals surface area (Å²) in [5, 5.41) is 26.7. The Morgan fingerprint density at radius 2 is 2.06 bits per heavy atom. The molecule has 2 unspecified atom stereocenters. The monoisotopic (exact) mass is 480 g/mol. The number of aliphatic hydroxyl groups excluding tert-OH is 1. The summed E-state index contributed by atoms with van der Waals surface area (Å²) in [5.74, 6) is 2.33. The van der Waals surface area contributed by atoms with Gasteiger partial charge in [-0.2, -0.15) is 10.1 Å². The zero-order chi connectivity index (χ0) is 23.1. The lowest BCUT2D eigenvalue weighted by atomic mass is 10.0. The summed E-state index contributed by atoms with van der Waals surface area (Å²) in [6.45, 7) is 0.699. The summed E-state index contributed by atoms with van der Waals surface area (Å²) in [4.78, 5) is 28.7. The van der Waals surface area contributed by atoms with Crippen LogP contribution in [0, 0.1) is 0 Å². The van der Waals surface area contributed by atoms with Gasteiger partial charge in [0.15, 0.2) is 10.9 Å². The molecule has 2 fully saturated rings. The Hall–Kier alpha value is -3.05. The molecule has 2 atom stereocenters. The first-order valence-corrected chi connectivity index (χ1v) is 12.9. The van der Waals surface area contributed by atoms with Gasteiger partial charge in [0.1, 0.15) is 11.9 Å². The number of rotatable bonds is 6. The number of amides is 1. The highest BCUT2D eigenvalue weighted by molar-refractivity contribution is 7.13. The highest BCUT2D eigenvalue weighted by Gasteiger charge is 2.35. The normalized spacial score (nSPS) is 22.3. The molecule has 178 valence electrons. The van der Waals surface area contributed by atoms with E-state index in [1.54, 1.807) is 6.20 Å². The second-order valence-electron chi connectivity index (χ2n) is 9.35. The van der Waals surface area contributed by atoms with Crippen LogP contribution < -0.4 is 15.5 Å². The maximum atomic E-state index is 13.0. The van der Waals surface area contributed by atoms with Gasteiger partial charge in [-0.25, -0.2) is 9.97 Å². The fourth-order valence-electron chi connectivity index (χ4n) is 5.38. The molecule has 6 rings (SSSR count). The fourth-order valence-corrected chi connectivity index (χ4v) is 5.92. The molecule has 2 aliphatic carbocycles. The summed E-state index contributed by atoms with van der Waals surface area (Å²) in [6.07, 6.45) is 8.71. The molecule has 4 heterocycles. The number of aromatic nitrogens is 5. The minimum atomic E-state index is -0.476. The number of carbonyl (C=O) groups is 1. The molecule has 11 heteroatoms. The number of nitrogens with one attached hydrogen (secondary N) is 3. The van der Waals surface area contributed by atoms with Crippen LogP contribution in [0.3, 0.4) is 0 Å². The van der Waals surface area contributed by atoms with Gasteiger partial charge in [0.2, 0.25) is 11.9 Å². The summed E-state index contributed by atoms with van der Waals surface area (Å²) in [7, 11) is 0. The van der Waals surface area contributed by atoms with Gasteiger partial charge < -0.3 is 20.6 Å². The lowest BCUT2D eigenvalue weighted by Gasteiger charge is -2.24. The molecule has 4 N–H and O–H groups in total. The first-order valence-electron chi connectivity index (χ1n) is 12.0. The van der Waals surface area contributed by atoms with Crippen molar-refractivity contribution in [3.8, 4) is 0 Å². The van der Waals surface area contributed by atoms with Crippen molar-refractivity contribution in [2.45, 2.75) is 69.4 Å². The Kier molecular flexibility index (Phi) is 5.66. The number of hydrogen-bond acceptors (Lipinski definition) is 9. The lowest BCUT2D eigenvalue weighted by Crippen LogP contribution is -2.40. The predicted octanol–water partition coefficient (Wildman–Crippen LogP) is 3.12. The fraction of sp³-hybridized carbons (Fsp3) is 0.522. The molecule has 1 saturated carbocycles. The number of aromatic amines is 1. The minimum absolute atomic E-state index is 0.0976. The van der Waals surface area contributed by atoms with Crippen molar-refractivity contribution in [1.29, 1.82) is 0 Å². The number of hydrogen-bond donors (Lipinski definition) is 4. The maximum absolute atomic E-state index is 13.0. The predicted molar refractivity (Wildman–Crippen MR) is 130 cm³/mol. The average Bonchev–Trinajstić information content (AvgIpc) is 3.64. The van der Waals surface area contributed by atoms with Crippen molar-refractivity contribution >= 4 is 40.0 Å². The molecular formula is C23H28N8O2S. The summed E-state index contributed by atoms with van der Waals surface area (Å²) < 4.78 is 0. The van der Waals surface area contributed by atoms with Crippen LogP contribution >= 0.6 is 11.3 Å². The molecule has 10 nitrogen and oxygen atoms in total. The number of nitrogens with zero attached hydrogens (tertiary/aromatic N) is 5. The highest BCUT2D eigenvalue weighted by atomic mass is 32.1. The van der Waals surface area contributed by atoms with Crippen LogP contribution in [0.2, 0.25) is 0 Å². The molecule has 3 aromatic heterocycles. The van der Waals surface area contributed by atoms with Gasteiger partial charge in [-0.15, -0.1) is 11.3 Å². The van der Waals surface area contributed by atoms with E-state index in [1.807, 2.05) is 10.3 Å². The van der Waals surface area contributed by atoms with E-state index in [0.29, 0.717) is 42.2 Å². The molecule has 1 amide bonds. The highest BCUT2D eigenvalue weighted by Crippen LogP contribution is 2.36. The first-order chi connectivity index (χ1) is 16.6. The van der Waals surface area contributed by atoms with Crippen molar-refractivity contribution in [3.63, 3.8) is 0 Å². The largest absolute Gasteiger partial charge is 0.392 e. The van der Waals surface area contributed by atoms with Gasteiger partial charge in [0.25, 0.3) is 0 Å². The topological polar surface area (TPSA) is 132 Å². The zero-order valence-corrected chi connectivity index (χ0v) is 19.6. The standard InChI is InChI=1S/C23H28N8O2S/c32-14-10-15-17(11-14)25-22(31-8-3-6-18(31)21(33)28-23-24-7-9-34-23)27-20(15)26-19-12-16(29-30-19)13-4-1-2-5-13/h7,9,12-14,18,32H,1-6,8,10-11H2,(H,24,28,33)(H2,25,26,27,29,30). The Bertz CT molecular complexity index is 1170. The Morgan fingerprint density at radius 3 is 2.88 bits per heavy atom. The lowest BCUT2D eigenvalue weighted by molar-refractivity contribution is -0.117. The molecule has 3 aliphatic rings. The van der Waals surface area contributed by atoms with Crippen LogP contribution in [0.25, 0.3) is 0 Å². The molecule has 0 bridgehead atoms. The minimum Gasteiger partial charge on any atom is -0.392 e. The molecule has 0 spiro atoms. The SMILES string of the molecule is O=C(Nc1nccs1)C1CCCN1c1nc2c(c(Nc3cc(C4CCCC4)[nH]n3)n1)CC(O)C2. The van der Waals surface area contributed by atoms with Crippen molar-refractivity contribution in [1.82, 2.24) is 25.1 Å². The first kappa shape index (κ1) is 21.5. The Morgan fingerprint density at radius 1 is 1.18 bits per heavy atom. The van der Waals surface area contributed by atoms with Crippen LogP contribution in [-0.2, 0) is 17.6 Å². The van der Waals surface area contributed by atoms with Crippen molar-refractivity contribution in [3.05, 3.63) is 34.6 Å². The van der Waals surface area contributed by atoms with E-state index in [1.165, 1.54) is 37.0 Å². The number of aliphatic hydroxyl groups is 1. The average molecular weight is 481 g/mol. The third-order valence-corrected chi connectivity index (χ3v) is 7.75. The van der Waals surface area contributed by atoms with Gasteiger partial charge in [-0.1, -0.05) is 12.8 Å².